The average Bonchev–Trinajstić information content (AvgIpc) is 2.59. The van der Waals surface area contributed by atoms with Crippen molar-refractivity contribution < 1.29 is 13.9 Å². The minimum absolute atomic E-state index is 0.104. The number of amides is 1. The van der Waals surface area contributed by atoms with Gasteiger partial charge in [0.1, 0.15) is 18.2 Å². The Balaban J connectivity index is 1.47. The standard InChI is InChI=1S/C19H20ClFN2O2/c1-22-19(24)15-10-23(11-15)9-13-2-5-16(6-3-13)25-12-14-4-7-17(20)18(21)8-14/h2-8,15H,9-12H2,1H3,(H,22,24). The highest BCUT2D eigenvalue weighted by Crippen LogP contribution is 2.21. The largest absolute Gasteiger partial charge is 0.489 e. The minimum Gasteiger partial charge on any atom is -0.489 e. The lowest BCUT2D eigenvalue weighted by atomic mass is 9.98. The van der Waals surface area contributed by atoms with Crippen LogP contribution in [0.2, 0.25) is 5.02 Å². The number of hydrogen-bond donors (Lipinski definition) is 1. The quantitative estimate of drug-likeness (QED) is 0.857. The van der Waals surface area contributed by atoms with E-state index in [2.05, 4.69) is 10.2 Å². The molecule has 1 aliphatic heterocycles. The second-order valence-corrected chi connectivity index (χ2v) is 6.59. The predicted octanol–water partition coefficient (Wildman–Crippen LogP) is 3.24. The van der Waals surface area contributed by atoms with Crippen LogP contribution in [-0.2, 0) is 17.9 Å². The molecule has 0 aromatic heterocycles. The molecule has 2 aromatic rings. The van der Waals surface area contributed by atoms with Crippen LogP contribution in [0.25, 0.3) is 0 Å². The van der Waals surface area contributed by atoms with E-state index in [0.717, 1.165) is 30.9 Å². The van der Waals surface area contributed by atoms with Crippen molar-refractivity contribution in [2.24, 2.45) is 5.92 Å². The molecule has 1 saturated heterocycles. The molecule has 0 aliphatic carbocycles. The lowest BCUT2D eigenvalue weighted by molar-refractivity contribution is -0.129. The van der Waals surface area contributed by atoms with E-state index in [1.807, 2.05) is 24.3 Å². The predicted molar refractivity (Wildman–Crippen MR) is 95.0 cm³/mol. The Kier molecular flexibility index (Phi) is 5.56. The lowest BCUT2D eigenvalue weighted by Crippen LogP contribution is -2.52. The molecular weight excluding hydrogens is 343 g/mol. The minimum atomic E-state index is -0.442. The molecule has 0 atom stereocenters. The third kappa shape index (κ3) is 4.50. The molecule has 0 unspecified atom stereocenters. The molecule has 0 bridgehead atoms. The van der Waals surface area contributed by atoms with Crippen molar-refractivity contribution in [2.75, 3.05) is 20.1 Å². The number of hydrogen-bond acceptors (Lipinski definition) is 3. The number of nitrogens with one attached hydrogen (secondary N) is 1. The van der Waals surface area contributed by atoms with Gasteiger partial charge in [0.15, 0.2) is 0 Å². The number of likely N-dealkylation sites (tertiary alicyclic amines) is 1. The Bertz CT molecular complexity index is 746. The highest BCUT2D eigenvalue weighted by Gasteiger charge is 2.31. The van der Waals surface area contributed by atoms with Gasteiger partial charge in [-0.25, -0.2) is 4.39 Å². The van der Waals surface area contributed by atoms with Crippen molar-refractivity contribution in [1.82, 2.24) is 10.2 Å². The topological polar surface area (TPSA) is 41.6 Å². The maximum atomic E-state index is 13.4. The fourth-order valence-corrected chi connectivity index (χ4v) is 2.93. The van der Waals surface area contributed by atoms with Crippen molar-refractivity contribution in [3.05, 3.63) is 64.4 Å². The first-order chi connectivity index (χ1) is 12.0. The molecule has 25 heavy (non-hydrogen) atoms. The van der Waals surface area contributed by atoms with Crippen LogP contribution in [0.15, 0.2) is 42.5 Å². The van der Waals surface area contributed by atoms with Gasteiger partial charge in [-0.15, -0.1) is 0 Å². The Morgan fingerprint density at radius 2 is 1.92 bits per heavy atom. The molecule has 1 amide bonds. The monoisotopic (exact) mass is 362 g/mol. The van der Waals surface area contributed by atoms with E-state index < -0.39 is 5.82 Å². The van der Waals surface area contributed by atoms with Gasteiger partial charge in [-0.05, 0) is 35.4 Å². The summed E-state index contributed by atoms with van der Waals surface area (Å²) in [5.74, 6) is 0.500. The van der Waals surface area contributed by atoms with Crippen molar-refractivity contribution in [3.8, 4) is 5.75 Å². The maximum Gasteiger partial charge on any atom is 0.225 e. The second kappa shape index (κ2) is 7.85. The zero-order valence-corrected chi connectivity index (χ0v) is 14.7. The van der Waals surface area contributed by atoms with Crippen molar-refractivity contribution >= 4 is 17.5 Å². The van der Waals surface area contributed by atoms with Crippen molar-refractivity contribution in [1.29, 1.82) is 0 Å². The summed E-state index contributed by atoms with van der Waals surface area (Å²) in [6.45, 7) is 2.68. The number of carbonyl (C=O) groups is 1. The SMILES string of the molecule is CNC(=O)C1CN(Cc2ccc(OCc3ccc(Cl)c(F)c3)cc2)C1. The molecule has 1 heterocycles. The Morgan fingerprint density at radius 1 is 1.24 bits per heavy atom. The first kappa shape index (κ1) is 17.7. The van der Waals surface area contributed by atoms with E-state index in [0.29, 0.717) is 0 Å². The van der Waals surface area contributed by atoms with Crippen LogP contribution in [0.3, 0.4) is 0 Å². The molecular formula is C19H20ClFN2O2. The first-order valence-electron chi connectivity index (χ1n) is 8.15. The zero-order chi connectivity index (χ0) is 17.8. The summed E-state index contributed by atoms with van der Waals surface area (Å²) in [4.78, 5) is 13.7. The molecule has 3 rings (SSSR count). The first-order valence-corrected chi connectivity index (χ1v) is 8.52. The van der Waals surface area contributed by atoms with Gasteiger partial charge >= 0.3 is 0 Å². The molecule has 0 spiro atoms. The fraction of sp³-hybridized carbons (Fsp3) is 0.316. The van der Waals surface area contributed by atoms with E-state index in [1.54, 1.807) is 13.1 Å². The van der Waals surface area contributed by atoms with Gasteiger partial charge in [0.2, 0.25) is 5.91 Å². The molecule has 1 aliphatic rings. The molecule has 0 saturated carbocycles. The Labute approximate surface area is 151 Å². The van der Waals surface area contributed by atoms with Crippen LogP contribution in [0.1, 0.15) is 11.1 Å². The highest BCUT2D eigenvalue weighted by molar-refractivity contribution is 6.30. The van der Waals surface area contributed by atoms with Crippen molar-refractivity contribution in [3.63, 3.8) is 0 Å². The molecule has 6 heteroatoms. The normalized spacial score (nSPS) is 14.8. The summed E-state index contributed by atoms with van der Waals surface area (Å²) in [7, 11) is 1.67. The number of nitrogens with zero attached hydrogens (tertiary/aromatic N) is 1. The number of rotatable bonds is 6. The van der Waals surface area contributed by atoms with Gasteiger partial charge in [-0.1, -0.05) is 29.8 Å². The van der Waals surface area contributed by atoms with E-state index in [-0.39, 0.29) is 23.5 Å². The number of carbonyl (C=O) groups excluding carboxylic acids is 1. The summed E-state index contributed by atoms with van der Waals surface area (Å²) in [5, 5.41) is 2.79. The fourth-order valence-electron chi connectivity index (χ4n) is 2.81. The number of halogens is 2. The smallest absolute Gasteiger partial charge is 0.225 e. The summed E-state index contributed by atoms with van der Waals surface area (Å²) in [6.07, 6.45) is 0. The van der Waals surface area contributed by atoms with Crippen LogP contribution >= 0.6 is 11.6 Å². The van der Waals surface area contributed by atoms with Gasteiger partial charge in [0.25, 0.3) is 0 Å². The number of benzene rings is 2. The number of ether oxygens (including phenoxy) is 1. The van der Waals surface area contributed by atoms with Gasteiger partial charge in [-0.2, -0.15) is 0 Å². The molecule has 132 valence electrons. The Hall–Kier alpha value is -2.11. The summed E-state index contributed by atoms with van der Waals surface area (Å²) < 4.78 is 19.1. The summed E-state index contributed by atoms with van der Waals surface area (Å²) in [5.41, 5.74) is 1.90. The van der Waals surface area contributed by atoms with Crippen LogP contribution < -0.4 is 10.1 Å². The molecule has 4 nitrogen and oxygen atoms in total. The van der Waals surface area contributed by atoms with Crippen molar-refractivity contribution in [2.45, 2.75) is 13.2 Å². The van der Waals surface area contributed by atoms with Gasteiger partial charge in [-0.3, -0.25) is 9.69 Å². The van der Waals surface area contributed by atoms with Crippen LogP contribution in [-0.4, -0.2) is 30.9 Å². The zero-order valence-electron chi connectivity index (χ0n) is 14.0. The molecule has 1 fully saturated rings. The van der Waals surface area contributed by atoms with Gasteiger partial charge in [0, 0.05) is 26.7 Å². The summed E-state index contributed by atoms with van der Waals surface area (Å²) >= 11 is 5.67. The molecule has 0 radical (unpaired) electrons. The molecule has 1 N–H and O–H groups in total. The van der Waals surface area contributed by atoms with E-state index in [1.165, 1.54) is 17.7 Å². The van der Waals surface area contributed by atoms with Crippen LogP contribution in [0.5, 0.6) is 5.75 Å². The van der Waals surface area contributed by atoms with E-state index >= 15 is 0 Å². The second-order valence-electron chi connectivity index (χ2n) is 6.19. The Morgan fingerprint density at radius 3 is 2.56 bits per heavy atom. The third-order valence-corrected chi connectivity index (χ3v) is 4.60. The maximum absolute atomic E-state index is 13.4. The lowest BCUT2D eigenvalue weighted by Gasteiger charge is -2.38. The average molecular weight is 363 g/mol. The van der Waals surface area contributed by atoms with Crippen LogP contribution in [0, 0.1) is 11.7 Å². The summed E-state index contributed by atoms with van der Waals surface area (Å²) in [6, 6.07) is 12.5. The van der Waals surface area contributed by atoms with Gasteiger partial charge < -0.3 is 10.1 Å². The molecule has 2 aromatic carbocycles. The van der Waals surface area contributed by atoms with E-state index in [4.69, 9.17) is 16.3 Å². The highest BCUT2D eigenvalue weighted by atomic mass is 35.5. The van der Waals surface area contributed by atoms with Crippen LogP contribution in [0.4, 0.5) is 4.39 Å². The van der Waals surface area contributed by atoms with E-state index in [9.17, 15) is 9.18 Å². The third-order valence-electron chi connectivity index (χ3n) is 4.29. The van der Waals surface area contributed by atoms with Gasteiger partial charge in [0.05, 0.1) is 10.9 Å².